The van der Waals surface area contributed by atoms with Crippen molar-refractivity contribution in [1.29, 1.82) is 0 Å². The molecule has 0 saturated heterocycles. The van der Waals surface area contributed by atoms with E-state index in [0.29, 0.717) is 22.8 Å². The van der Waals surface area contributed by atoms with E-state index in [1.807, 2.05) is 32.0 Å². The van der Waals surface area contributed by atoms with Crippen molar-refractivity contribution in [2.24, 2.45) is 0 Å². The Hall–Kier alpha value is -2.56. The molecule has 0 radical (unpaired) electrons. The minimum absolute atomic E-state index is 0.264. The first kappa shape index (κ1) is 12.5. The molecule has 3 aromatic rings. The van der Waals surface area contributed by atoms with Crippen LogP contribution in [0.25, 0.3) is 11.2 Å². The molecule has 2 N–H and O–H groups in total. The van der Waals surface area contributed by atoms with Crippen LogP contribution < -0.4 is 10.5 Å². The Morgan fingerprint density at radius 2 is 2.10 bits per heavy atom. The third kappa shape index (κ3) is 2.42. The van der Waals surface area contributed by atoms with Crippen LogP contribution in [-0.2, 0) is 6.61 Å². The molecule has 0 saturated carbocycles. The molecule has 0 amide bonds. The summed E-state index contributed by atoms with van der Waals surface area (Å²) in [4.78, 5) is 8.38. The van der Waals surface area contributed by atoms with Crippen molar-refractivity contribution in [3.05, 3.63) is 47.5 Å². The van der Waals surface area contributed by atoms with Crippen LogP contribution in [0.4, 0.5) is 5.69 Å². The lowest BCUT2D eigenvalue weighted by atomic mass is 10.1. The minimum Gasteiger partial charge on any atom is -0.484 e. The highest BCUT2D eigenvalue weighted by atomic mass is 16.5. The molecule has 0 atom stereocenters. The van der Waals surface area contributed by atoms with Crippen LogP contribution in [0.3, 0.4) is 0 Å². The van der Waals surface area contributed by atoms with Crippen molar-refractivity contribution in [2.45, 2.75) is 20.5 Å². The van der Waals surface area contributed by atoms with Gasteiger partial charge in [-0.15, -0.1) is 0 Å². The first-order valence-corrected chi connectivity index (χ1v) is 6.33. The first-order chi connectivity index (χ1) is 9.61. The summed E-state index contributed by atoms with van der Waals surface area (Å²) in [5.41, 5.74) is 9.56. The lowest BCUT2D eigenvalue weighted by Gasteiger charge is -2.07. The second-order valence-electron chi connectivity index (χ2n) is 4.76. The Labute approximate surface area is 116 Å². The van der Waals surface area contributed by atoms with Gasteiger partial charge in [-0.05, 0) is 37.1 Å². The summed E-state index contributed by atoms with van der Waals surface area (Å²) in [7, 11) is 0. The fourth-order valence-corrected chi connectivity index (χ4v) is 1.95. The first-order valence-electron chi connectivity index (χ1n) is 6.33. The molecular weight excluding hydrogens is 254 g/mol. The summed E-state index contributed by atoms with van der Waals surface area (Å²) in [6, 6.07) is 7.80. The van der Waals surface area contributed by atoms with E-state index in [-0.39, 0.29) is 6.61 Å². The van der Waals surface area contributed by atoms with Gasteiger partial charge in [-0.25, -0.2) is 9.97 Å². The SMILES string of the molecule is Cc1ccc(C)c(OCc2nc3cc(N)cnc3o2)c1. The molecule has 0 fully saturated rings. The molecule has 1 aromatic carbocycles. The summed E-state index contributed by atoms with van der Waals surface area (Å²) in [6.45, 7) is 4.29. The third-order valence-corrected chi connectivity index (χ3v) is 3.01. The zero-order valence-corrected chi connectivity index (χ0v) is 11.4. The number of nitrogens with two attached hydrogens (primary N) is 1. The van der Waals surface area contributed by atoms with Gasteiger partial charge in [0.25, 0.3) is 0 Å². The molecule has 0 aliphatic carbocycles. The quantitative estimate of drug-likeness (QED) is 0.791. The van der Waals surface area contributed by atoms with Gasteiger partial charge in [-0.2, -0.15) is 0 Å². The van der Waals surface area contributed by atoms with E-state index in [1.165, 1.54) is 0 Å². The van der Waals surface area contributed by atoms with Gasteiger partial charge in [0.2, 0.25) is 11.6 Å². The van der Waals surface area contributed by atoms with Crippen LogP contribution in [0, 0.1) is 13.8 Å². The topological polar surface area (TPSA) is 74.2 Å². The van der Waals surface area contributed by atoms with Crippen molar-refractivity contribution >= 4 is 16.9 Å². The molecule has 0 bridgehead atoms. The van der Waals surface area contributed by atoms with E-state index in [0.717, 1.165) is 16.9 Å². The number of pyridine rings is 1. The van der Waals surface area contributed by atoms with Gasteiger partial charge in [0.1, 0.15) is 11.3 Å². The van der Waals surface area contributed by atoms with Crippen LogP contribution in [0.15, 0.2) is 34.9 Å². The Balaban J connectivity index is 1.81. The van der Waals surface area contributed by atoms with Crippen molar-refractivity contribution in [3.8, 4) is 5.75 Å². The number of nitrogen functional groups attached to an aromatic ring is 1. The summed E-state index contributed by atoms with van der Waals surface area (Å²) < 4.78 is 11.3. The predicted octanol–water partition coefficient (Wildman–Crippen LogP) is 3.00. The second-order valence-corrected chi connectivity index (χ2v) is 4.76. The maximum absolute atomic E-state index is 5.75. The maximum Gasteiger partial charge on any atom is 0.247 e. The lowest BCUT2D eigenvalue weighted by molar-refractivity contribution is 0.265. The van der Waals surface area contributed by atoms with Gasteiger partial charge in [0.05, 0.1) is 11.9 Å². The lowest BCUT2D eigenvalue weighted by Crippen LogP contribution is -1.97. The van der Waals surface area contributed by atoms with Gasteiger partial charge in [-0.1, -0.05) is 12.1 Å². The molecule has 2 aromatic heterocycles. The van der Waals surface area contributed by atoms with Crippen molar-refractivity contribution in [2.75, 3.05) is 5.73 Å². The van der Waals surface area contributed by atoms with Crippen LogP contribution >= 0.6 is 0 Å². The van der Waals surface area contributed by atoms with Crippen molar-refractivity contribution < 1.29 is 9.15 Å². The number of fused-ring (bicyclic) bond motifs is 1. The van der Waals surface area contributed by atoms with Crippen LogP contribution in [-0.4, -0.2) is 9.97 Å². The molecule has 3 rings (SSSR count). The zero-order valence-electron chi connectivity index (χ0n) is 11.4. The Kier molecular flexibility index (Phi) is 3.02. The molecule has 102 valence electrons. The molecule has 2 heterocycles. The molecule has 5 heteroatoms. The molecule has 0 aliphatic heterocycles. The number of nitrogens with zero attached hydrogens (tertiary/aromatic N) is 2. The second kappa shape index (κ2) is 4.85. The van der Waals surface area contributed by atoms with E-state index < -0.39 is 0 Å². The molecule has 0 aliphatic rings. The standard InChI is InChI=1S/C15H15N3O2/c1-9-3-4-10(2)13(5-9)19-8-14-18-12-6-11(16)7-17-15(12)20-14/h3-7H,8,16H2,1-2H3. The number of ether oxygens (including phenoxy) is 1. The average Bonchev–Trinajstić information content (AvgIpc) is 2.81. The van der Waals surface area contributed by atoms with Crippen molar-refractivity contribution in [3.63, 3.8) is 0 Å². The Morgan fingerprint density at radius 1 is 1.25 bits per heavy atom. The maximum atomic E-state index is 5.75. The van der Waals surface area contributed by atoms with Gasteiger partial charge in [0.15, 0.2) is 6.61 Å². The van der Waals surface area contributed by atoms with Gasteiger partial charge in [0, 0.05) is 0 Å². The van der Waals surface area contributed by atoms with E-state index >= 15 is 0 Å². The van der Waals surface area contributed by atoms with E-state index in [4.69, 9.17) is 14.9 Å². The van der Waals surface area contributed by atoms with Crippen LogP contribution in [0.5, 0.6) is 5.75 Å². The largest absolute Gasteiger partial charge is 0.484 e. The third-order valence-electron chi connectivity index (χ3n) is 3.01. The normalized spacial score (nSPS) is 10.9. The number of hydrogen-bond donors (Lipinski definition) is 1. The van der Waals surface area contributed by atoms with E-state index in [9.17, 15) is 0 Å². The highest BCUT2D eigenvalue weighted by Gasteiger charge is 2.08. The number of oxazole rings is 1. The summed E-state index contributed by atoms with van der Waals surface area (Å²) in [6.07, 6.45) is 1.54. The van der Waals surface area contributed by atoms with E-state index in [1.54, 1.807) is 12.3 Å². The van der Waals surface area contributed by atoms with Crippen LogP contribution in [0.1, 0.15) is 17.0 Å². The molecule has 20 heavy (non-hydrogen) atoms. The zero-order chi connectivity index (χ0) is 14.1. The fraction of sp³-hybridized carbons (Fsp3) is 0.200. The highest BCUT2D eigenvalue weighted by molar-refractivity contribution is 5.71. The Bertz CT molecular complexity index is 765. The number of aryl methyl sites for hydroxylation is 2. The minimum atomic E-state index is 0.264. The molecule has 5 nitrogen and oxygen atoms in total. The number of anilines is 1. The summed E-state index contributed by atoms with van der Waals surface area (Å²) in [5.74, 6) is 1.32. The van der Waals surface area contributed by atoms with E-state index in [2.05, 4.69) is 9.97 Å². The predicted molar refractivity (Wildman–Crippen MR) is 76.5 cm³/mol. The number of aromatic nitrogens is 2. The number of rotatable bonds is 3. The van der Waals surface area contributed by atoms with Gasteiger partial charge < -0.3 is 14.9 Å². The van der Waals surface area contributed by atoms with Gasteiger partial charge in [-0.3, -0.25) is 0 Å². The highest BCUT2D eigenvalue weighted by Crippen LogP contribution is 2.21. The molecule has 0 spiro atoms. The Morgan fingerprint density at radius 3 is 2.95 bits per heavy atom. The fourth-order valence-electron chi connectivity index (χ4n) is 1.95. The molecule has 0 unspecified atom stereocenters. The van der Waals surface area contributed by atoms with Crippen LogP contribution in [0.2, 0.25) is 0 Å². The molecular formula is C15H15N3O2. The number of hydrogen-bond acceptors (Lipinski definition) is 5. The van der Waals surface area contributed by atoms with Gasteiger partial charge >= 0.3 is 0 Å². The summed E-state index contributed by atoms with van der Waals surface area (Å²) >= 11 is 0. The smallest absolute Gasteiger partial charge is 0.247 e. The average molecular weight is 269 g/mol. The number of benzene rings is 1. The monoisotopic (exact) mass is 269 g/mol. The summed E-state index contributed by atoms with van der Waals surface area (Å²) in [5, 5.41) is 0. The van der Waals surface area contributed by atoms with Crippen molar-refractivity contribution in [1.82, 2.24) is 9.97 Å².